The van der Waals surface area contributed by atoms with Crippen LogP contribution in [0, 0.1) is 6.92 Å². The Morgan fingerprint density at radius 2 is 2.08 bits per heavy atom. The van der Waals surface area contributed by atoms with E-state index in [1.165, 1.54) is 11.3 Å². The maximum Gasteiger partial charge on any atom is 0.298 e. The Morgan fingerprint density at radius 1 is 1.28 bits per heavy atom. The molecule has 132 valence electrons. The molecule has 0 aliphatic carbocycles. The van der Waals surface area contributed by atoms with E-state index in [1.807, 2.05) is 26.2 Å². The van der Waals surface area contributed by atoms with Gasteiger partial charge in [-0.05, 0) is 52.2 Å². The molecular weight excluding hydrogens is 360 g/mol. The van der Waals surface area contributed by atoms with Crippen LogP contribution in [0.3, 0.4) is 0 Å². The molecule has 8 heteroatoms. The van der Waals surface area contributed by atoms with E-state index in [0.717, 1.165) is 23.2 Å². The lowest BCUT2D eigenvalue weighted by atomic mass is 10.3. The van der Waals surface area contributed by atoms with Crippen molar-refractivity contribution in [1.29, 1.82) is 0 Å². The number of hydrogen-bond donors (Lipinski definition) is 0. The molecule has 2 heterocycles. The summed E-state index contributed by atoms with van der Waals surface area (Å²) in [6, 6.07) is 7.16. The maximum atomic E-state index is 12.9. The van der Waals surface area contributed by atoms with Crippen molar-refractivity contribution in [3.05, 3.63) is 40.7 Å². The quantitative estimate of drug-likeness (QED) is 0.652. The van der Waals surface area contributed by atoms with Crippen molar-refractivity contribution in [3.8, 4) is 0 Å². The van der Waals surface area contributed by atoms with Gasteiger partial charge < -0.3 is 9.42 Å². The highest BCUT2D eigenvalue weighted by Gasteiger charge is 2.24. The largest absolute Gasteiger partial charge is 0.351 e. The molecule has 0 radical (unpaired) electrons. The van der Waals surface area contributed by atoms with Crippen molar-refractivity contribution < 1.29 is 9.32 Å². The van der Waals surface area contributed by atoms with Crippen molar-refractivity contribution in [1.82, 2.24) is 15.0 Å². The lowest BCUT2D eigenvalue weighted by Crippen LogP contribution is -2.33. The first-order chi connectivity index (χ1) is 11.9. The maximum absolute atomic E-state index is 12.9. The third kappa shape index (κ3) is 4.18. The van der Waals surface area contributed by atoms with Gasteiger partial charge in [-0.2, -0.15) is 0 Å². The minimum absolute atomic E-state index is 0.222. The zero-order valence-electron chi connectivity index (χ0n) is 14.3. The molecule has 0 bridgehead atoms. The van der Waals surface area contributed by atoms with Crippen LogP contribution in [0.15, 0.2) is 28.8 Å². The molecule has 2 aromatic heterocycles. The van der Waals surface area contributed by atoms with Gasteiger partial charge >= 0.3 is 0 Å². The fourth-order valence-electron chi connectivity index (χ4n) is 2.43. The molecule has 6 nitrogen and oxygen atoms in total. The summed E-state index contributed by atoms with van der Waals surface area (Å²) in [7, 11) is 4.01. The first-order valence-corrected chi connectivity index (χ1v) is 9.09. The highest BCUT2D eigenvalue weighted by atomic mass is 35.5. The van der Waals surface area contributed by atoms with Gasteiger partial charge in [-0.15, -0.1) is 0 Å². The second-order valence-electron chi connectivity index (χ2n) is 6.05. The summed E-state index contributed by atoms with van der Waals surface area (Å²) in [5, 5.41) is 5.10. The number of nitrogens with zero attached hydrogens (tertiary/aromatic N) is 4. The number of thiazole rings is 1. The second-order valence-corrected chi connectivity index (χ2v) is 7.50. The third-order valence-corrected chi connectivity index (χ3v) is 4.92. The number of aromatic nitrogens is 2. The highest BCUT2D eigenvalue weighted by molar-refractivity contribution is 7.22. The summed E-state index contributed by atoms with van der Waals surface area (Å²) >= 11 is 7.50. The van der Waals surface area contributed by atoms with Gasteiger partial charge in [0.25, 0.3) is 5.91 Å². The summed E-state index contributed by atoms with van der Waals surface area (Å²) in [5.74, 6) is -0.0100. The molecule has 0 aliphatic rings. The monoisotopic (exact) mass is 378 g/mol. The standard InChI is InChI=1S/C17H19ClN4O2S/c1-11-9-14(24-20-11)16(23)22(8-4-7-21(2)3)17-19-13-6-5-12(18)10-15(13)25-17/h5-6,9-10H,4,7-8H2,1-3H3. The Hall–Kier alpha value is -1.96. The zero-order chi connectivity index (χ0) is 18.0. The molecule has 1 amide bonds. The predicted octanol–water partition coefficient (Wildman–Crippen LogP) is 3.84. The Kier molecular flexibility index (Phi) is 5.36. The lowest BCUT2D eigenvalue weighted by molar-refractivity contribution is 0.0950. The molecule has 3 rings (SSSR count). The number of halogens is 1. The van der Waals surface area contributed by atoms with Crippen molar-refractivity contribution in [2.45, 2.75) is 13.3 Å². The van der Waals surface area contributed by atoms with Crippen LogP contribution in [0.5, 0.6) is 0 Å². The minimum Gasteiger partial charge on any atom is -0.351 e. The normalized spacial score (nSPS) is 11.4. The smallest absolute Gasteiger partial charge is 0.298 e. The van der Waals surface area contributed by atoms with Gasteiger partial charge in [0.15, 0.2) is 5.13 Å². The van der Waals surface area contributed by atoms with E-state index in [0.29, 0.717) is 22.4 Å². The zero-order valence-corrected chi connectivity index (χ0v) is 15.9. The van der Waals surface area contributed by atoms with E-state index >= 15 is 0 Å². The summed E-state index contributed by atoms with van der Waals surface area (Å²) in [5.41, 5.74) is 1.50. The van der Waals surface area contributed by atoms with E-state index in [9.17, 15) is 4.79 Å². The highest BCUT2D eigenvalue weighted by Crippen LogP contribution is 2.31. The van der Waals surface area contributed by atoms with Gasteiger partial charge in [0.2, 0.25) is 5.76 Å². The van der Waals surface area contributed by atoms with Gasteiger partial charge in [-0.3, -0.25) is 9.69 Å². The number of hydrogen-bond acceptors (Lipinski definition) is 6. The molecule has 0 atom stereocenters. The molecule has 0 N–H and O–H groups in total. The van der Waals surface area contributed by atoms with Crippen molar-refractivity contribution >= 4 is 44.2 Å². The average molecular weight is 379 g/mol. The molecule has 0 saturated heterocycles. The van der Waals surface area contributed by atoms with Crippen LogP contribution in [0.2, 0.25) is 5.02 Å². The second kappa shape index (κ2) is 7.51. The third-order valence-electron chi connectivity index (χ3n) is 3.64. The van der Waals surface area contributed by atoms with Crippen LogP contribution in [-0.2, 0) is 0 Å². The van der Waals surface area contributed by atoms with Crippen LogP contribution in [0.1, 0.15) is 22.7 Å². The van der Waals surface area contributed by atoms with Crippen LogP contribution in [0.4, 0.5) is 5.13 Å². The molecule has 0 saturated carbocycles. The molecule has 0 fully saturated rings. The number of benzene rings is 1. The molecule has 3 aromatic rings. The van der Waals surface area contributed by atoms with Gasteiger partial charge in [-0.25, -0.2) is 4.98 Å². The van der Waals surface area contributed by atoms with Crippen LogP contribution < -0.4 is 4.90 Å². The first-order valence-electron chi connectivity index (χ1n) is 7.90. The van der Waals surface area contributed by atoms with Gasteiger partial charge in [0.1, 0.15) is 0 Å². The first kappa shape index (κ1) is 17.8. The summed E-state index contributed by atoms with van der Waals surface area (Å²) in [6.45, 7) is 3.20. The number of rotatable bonds is 6. The molecular formula is C17H19ClN4O2S. The number of anilines is 1. The Balaban J connectivity index is 1.92. The topological polar surface area (TPSA) is 62.5 Å². The summed E-state index contributed by atoms with van der Waals surface area (Å²) in [6.07, 6.45) is 0.822. The summed E-state index contributed by atoms with van der Waals surface area (Å²) < 4.78 is 6.10. The van der Waals surface area contributed by atoms with Crippen LogP contribution >= 0.6 is 22.9 Å². The predicted molar refractivity (Wildman–Crippen MR) is 101 cm³/mol. The molecule has 25 heavy (non-hydrogen) atoms. The Morgan fingerprint density at radius 3 is 2.76 bits per heavy atom. The van der Waals surface area contributed by atoms with E-state index in [-0.39, 0.29) is 11.7 Å². The number of amides is 1. The van der Waals surface area contributed by atoms with Crippen LogP contribution in [-0.4, -0.2) is 48.1 Å². The van der Waals surface area contributed by atoms with Gasteiger partial charge in [0.05, 0.1) is 15.9 Å². The lowest BCUT2D eigenvalue weighted by Gasteiger charge is -2.19. The molecule has 0 unspecified atom stereocenters. The average Bonchev–Trinajstić information content (AvgIpc) is 3.16. The van der Waals surface area contributed by atoms with Gasteiger partial charge in [0, 0.05) is 17.6 Å². The molecule has 0 aliphatic heterocycles. The minimum atomic E-state index is -0.232. The Labute approximate surface area is 155 Å². The fourth-order valence-corrected chi connectivity index (χ4v) is 3.69. The Bertz CT molecular complexity index is 890. The van der Waals surface area contributed by atoms with Gasteiger partial charge in [-0.1, -0.05) is 28.1 Å². The van der Waals surface area contributed by atoms with E-state index in [4.69, 9.17) is 16.1 Å². The fraction of sp³-hybridized carbons (Fsp3) is 0.353. The SMILES string of the molecule is Cc1cc(C(=O)N(CCCN(C)C)c2nc3ccc(Cl)cc3s2)on1. The van der Waals surface area contributed by atoms with Crippen molar-refractivity contribution in [2.24, 2.45) is 0 Å². The molecule has 1 aromatic carbocycles. The molecule has 0 spiro atoms. The number of fused-ring (bicyclic) bond motifs is 1. The van der Waals surface area contributed by atoms with Crippen LogP contribution in [0.25, 0.3) is 10.2 Å². The number of aryl methyl sites for hydroxylation is 1. The number of carbonyl (C=O) groups is 1. The summed E-state index contributed by atoms with van der Waals surface area (Å²) in [4.78, 5) is 21.2. The van der Waals surface area contributed by atoms with E-state index in [1.54, 1.807) is 24.0 Å². The number of carbonyl (C=O) groups excluding carboxylic acids is 1. The van der Waals surface area contributed by atoms with Crippen molar-refractivity contribution in [3.63, 3.8) is 0 Å². The van der Waals surface area contributed by atoms with E-state index in [2.05, 4.69) is 15.0 Å². The van der Waals surface area contributed by atoms with Crippen molar-refractivity contribution in [2.75, 3.05) is 32.1 Å². The van der Waals surface area contributed by atoms with E-state index < -0.39 is 0 Å².